The summed E-state index contributed by atoms with van der Waals surface area (Å²) in [5, 5.41) is 12.3. The molecule has 168 valence electrons. The minimum absolute atomic E-state index is 0.219. The van der Waals surface area contributed by atoms with Crippen LogP contribution in [-0.4, -0.2) is 17.5 Å². The summed E-state index contributed by atoms with van der Waals surface area (Å²) in [4.78, 5) is 0.219. The minimum Gasteiger partial charge on any atom is -0.388 e. The highest BCUT2D eigenvalue weighted by molar-refractivity contribution is 7.90. The van der Waals surface area contributed by atoms with Crippen LogP contribution in [0.2, 0.25) is 0 Å². The van der Waals surface area contributed by atoms with E-state index in [0.29, 0.717) is 23.2 Å². The molecule has 0 spiro atoms. The lowest BCUT2D eigenvalue weighted by Gasteiger charge is -2.23. The Bertz CT molecular complexity index is 1660. The van der Waals surface area contributed by atoms with Gasteiger partial charge in [-0.25, -0.2) is 12.4 Å². The van der Waals surface area contributed by atoms with Gasteiger partial charge in [0.05, 0.1) is 22.2 Å². The second-order valence-corrected chi connectivity index (χ2v) is 10.6. The van der Waals surface area contributed by atoms with Crippen LogP contribution in [0.15, 0.2) is 102 Å². The third-order valence-electron chi connectivity index (χ3n) is 6.67. The van der Waals surface area contributed by atoms with E-state index in [9.17, 15) is 13.5 Å². The lowest BCUT2D eigenvalue weighted by atomic mass is 9.85. The zero-order valence-electron chi connectivity index (χ0n) is 18.6. The maximum absolute atomic E-state index is 14.1. The molecule has 1 aromatic heterocycles. The first-order chi connectivity index (χ1) is 16.5. The number of aromatic nitrogens is 1. The molecule has 0 bridgehead atoms. The van der Waals surface area contributed by atoms with Crippen molar-refractivity contribution in [3.63, 3.8) is 0 Å². The van der Waals surface area contributed by atoms with Gasteiger partial charge in [0, 0.05) is 22.9 Å². The van der Waals surface area contributed by atoms with Gasteiger partial charge < -0.3 is 5.11 Å². The van der Waals surface area contributed by atoms with Crippen LogP contribution in [0.1, 0.15) is 22.8 Å². The molecule has 5 heteroatoms. The lowest BCUT2D eigenvalue weighted by molar-refractivity contribution is 0.180. The maximum Gasteiger partial charge on any atom is 0.268 e. The Morgan fingerprint density at radius 2 is 1.38 bits per heavy atom. The van der Waals surface area contributed by atoms with E-state index in [1.165, 1.54) is 3.97 Å². The van der Waals surface area contributed by atoms with Crippen molar-refractivity contribution in [2.24, 2.45) is 0 Å². The van der Waals surface area contributed by atoms with Crippen LogP contribution >= 0.6 is 0 Å². The fourth-order valence-electron chi connectivity index (χ4n) is 5.09. The number of aryl methyl sites for hydroxylation is 1. The number of benzene rings is 4. The van der Waals surface area contributed by atoms with Crippen LogP contribution in [0.3, 0.4) is 0 Å². The SMILES string of the molecule is Cc1ccc(S(=O)(=O)n2c3c(c4ccccc42)[C@@H](O)Cc2ccccc2-c2ccccc2-3)cc1. The highest BCUT2D eigenvalue weighted by Gasteiger charge is 2.33. The normalized spacial score (nSPS) is 15.2. The molecule has 0 amide bonds. The molecule has 1 N–H and O–H groups in total. The molecule has 5 aromatic rings. The van der Waals surface area contributed by atoms with E-state index >= 15 is 0 Å². The molecule has 4 aromatic carbocycles. The highest BCUT2D eigenvalue weighted by Crippen LogP contribution is 2.46. The fourth-order valence-corrected chi connectivity index (χ4v) is 6.63. The summed E-state index contributed by atoms with van der Waals surface area (Å²) in [7, 11) is -3.95. The molecule has 1 aliphatic carbocycles. The smallest absolute Gasteiger partial charge is 0.268 e. The molecule has 0 saturated carbocycles. The first-order valence-corrected chi connectivity index (χ1v) is 12.7. The van der Waals surface area contributed by atoms with Crippen molar-refractivity contribution in [3.8, 4) is 22.4 Å². The average Bonchev–Trinajstić information content (AvgIpc) is 3.20. The summed E-state index contributed by atoms with van der Waals surface area (Å²) in [5.41, 5.74) is 6.51. The zero-order valence-corrected chi connectivity index (χ0v) is 19.5. The van der Waals surface area contributed by atoms with E-state index in [4.69, 9.17) is 0 Å². The van der Waals surface area contributed by atoms with Gasteiger partial charge in [0.2, 0.25) is 0 Å². The fraction of sp³-hybridized carbons (Fsp3) is 0.103. The van der Waals surface area contributed by atoms with Crippen molar-refractivity contribution in [1.82, 2.24) is 3.97 Å². The number of hydrogen-bond donors (Lipinski definition) is 1. The Hall–Kier alpha value is -3.67. The predicted octanol–water partition coefficient (Wildman–Crippen LogP) is 6.11. The molecule has 6 rings (SSSR count). The van der Waals surface area contributed by atoms with Crippen molar-refractivity contribution in [1.29, 1.82) is 0 Å². The Morgan fingerprint density at radius 1 is 0.765 bits per heavy atom. The molecule has 34 heavy (non-hydrogen) atoms. The summed E-state index contributed by atoms with van der Waals surface area (Å²) in [6, 6.07) is 30.2. The maximum atomic E-state index is 14.1. The number of nitrogens with zero attached hydrogens (tertiary/aromatic N) is 1. The topological polar surface area (TPSA) is 59.3 Å². The number of aliphatic hydroxyl groups excluding tert-OH is 1. The third-order valence-corrected chi connectivity index (χ3v) is 8.39. The van der Waals surface area contributed by atoms with Crippen LogP contribution < -0.4 is 0 Å². The molecule has 0 unspecified atom stereocenters. The van der Waals surface area contributed by atoms with Gasteiger partial charge in [-0.05, 0) is 41.8 Å². The number of hydrogen-bond acceptors (Lipinski definition) is 3. The molecular formula is C29H23NO3S. The van der Waals surface area contributed by atoms with E-state index in [2.05, 4.69) is 0 Å². The number of aliphatic hydroxyl groups is 1. The average molecular weight is 466 g/mol. The molecule has 1 atom stereocenters. The largest absolute Gasteiger partial charge is 0.388 e. The van der Waals surface area contributed by atoms with Gasteiger partial charge >= 0.3 is 0 Å². The quantitative estimate of drug-likeness (QED) is 0.342. The summed E-state index contributed by atoms with van der Waals surface area (Å²) in [5.74, 6) is 0. The Labute approximate surface area is 198 Å². The predicted molar refractivity (Wildman–Crippen MR) is 135 cm³/mol. The number of rotatable bonds is 2. The van der Waals surface area contributed by atoms with Crippen LogP contribution in [0.5, 0.6) is 0 Å². The van der Waals surface area contributed by atoms with Gasteiger partial charge in [0.1, 0.15) is 0 Å². The molecule has 0 aliphatic heterocycles. The van der Waals surface area contributed by atoms with E-state index in [1.54, 1.807) is 24.3 Å². The minimum atomic E-state index is -3.95. The molecule has 0 saturated heterocycles. The second-order valence-electron chi connectivity index (χ2n) is 8.78. The van der Waals surface area contributed by atoms with Gasteiger partial charge in [0.25, 0.3) is 10.0 Å². The highest BCUT2D eigenvalue weighted by atomic mass is 32.2. The molecule has 1 aliphatic rings. The molecule has 4 nitrogen and oxygen atoms in total. The number of para-hydroxylation sites is 1. The first kappa shape index (κ1) is 20.9. The summed E-state index contributed by atoms with van der Waals surface area (Å²) >= 11 is 0. The Balaban J connectivity index is 1.78. The van der Waals surface area contributed by atoms with Crippen LogP contribution in [0, 0.1) is 6.92 Å². The Kier molecular flexibility index (Phi) is 4.73. The molecular weight excluding hydrogens is 442 g/mol. The van der Waals surface area contributed by atoms with Gasteiger partial charge in [-0.15, -0.1) is 0 Å². The summed E-state index contributed by atoms with van der Waals surface area (Å²) in [6.45, 7) is 1.93. The summed E-state index contributed by atoms with van der Waals surface area (Å²) in [6.07, 6.45) is -0.459. The van der Waals surface area contributed by atoms with E-state index in [0.717, 1.165) is 33.2 Å². The van der Waals surface area contributed by atoms with Gasteiger partial charge in [-0.1, -0.05) is 84.4 Å². The molecule has 0 radical (unpaired) electrons. The lowest BCUT2D eigenvalue weighted by Crippen LogP contribution is -2.16. The van der Waals surface area contributed by atoms with E-state index in [1.807, 2.05) is 79.7 Å². The van der Waals surface area contributed by atoms with Crippen LogP contribution in [-0.2, 0) is 16.4 Å². The van der Waals surface area contributed by atoms with Gasteiger partial charge in [-0.2, -0.15) is 0 Å². The van der Waals surface area contributed by atoms with Gasteiger partial charge in [0.15, 0.2) is 0 Å². The van der Waals surface area contributed by atoms with Crippen molar-refractivity contribution in [2.45, 2.75) is 24.3 Å². The van der Waals surface area contributed by atoms with Crippen molar-refractivity contribution in [2.75, 3.05) is 0 Å². The number of fused-ring (bicyclic) bond motifs is 7. The summed E-state index contributed by atoms with van der Waals surface area (Å²) < 4.78 is 29.7. The van der Waals surface area contributed by atoms with Crippen molar-refractivity contribution < 1.29 is 13.5 Å². The van der Waals surface area contributed by atoms with Gasteiger partial charge in [-0.3, -0.25) is 0 Å². The Morgan fingerprint density at radius 3 is 2.15 bits per heavy atom. The van der Waals surface area contributed by atoms with Crippen LogP contribution in [0.4, 0.5) is 0 Å². The standard InChI is InChI=1S/C29H23NO3S/c1-19-14-16-21(17-15-19)34(32,33)30-26-13-7-6-12-25(26)28-27(31)18-20-8-2-3-9-22(20)23-10-4-5-11-24(23)29(28)30/h2-17,27,31H,18H2,1H3/t27-/m0/s1. The van der Waals surface area contributed by atoms with E-state index < -0.39 is 16.1 Å². The third kappa shape index (κ3) is 3.05. The van der Waals surface area contributed by atoms with Crippen LogP contribution in [0.25, 0.3) is 33.3 Å². The molecule has 0 fully saturated rings. The van der Waals surface area contributed by atoms with Crippen molar-refractivity contribution in [3.05, 3.63) is 114 Å². The first-order valence-electron chi connectivity index (χ1n) is 11.3. The molecule has 1 heterocycles. The monoisotopic (exact) mass is 465 g/mol. The zero-order chi connectivity index (χ0) is 23.4. The second kappa shape index (κ2) is 7.69. The van der Waals surface area contributed by atoms with E-state index in [-0.39, 0.29) is 4.90 Å². The van der Waals surface area contributed by atoms with Crippen molar-refractivity contribution >= 4 is 20.9 Å².